The van der Waals surface area contributed by atoms with Gasteiger partial charge in [0.25, 0.3) is 11.7 Å². The van der Waals surface area contributed by atoms with Crippen LogP contribution in [0, 0.1) is 23.7 Å². The lowest BCUT2D eigenvalue weighted by Crippen LogP contribution is -2.58. The van der Waals surface area contributed by atoms with E-state index in [1.807, 2.05) is 32.1 Å². The Kier molecular flexibility index (Phi) is 20.8. The number of aliphatic hydroxyl groups excluding tert-OH is 3. The first-order valence-corrected chi connectivity index (χ1v) is 20.4. The molecule has 320 valence electrons. The monoisotopic (exact) mass is 793 g/mol. The van der Waals surface area contributed by atoms with Crippen LogP contribution in [0.1, 0.15) is 119 Å². The summed E-state index contributed by atoms with van der Waals surface area (Å²) in [4.78, 5) is 56.1. The predicted octanol–water partition coefficient (Wildman–Crippen LogP) is 4.36. The minimum atomic E-state index is -2.99. The van der Waals surface area contributed by atoms with Crippen molar-refractivity contribution in [1.29, 1.82) is 0 Å². The highest BCUT2D eigenvalue weighted by molar-refractivity contribution is 6.39. The maximum absolute atomic E-state index is 14.1. The molecule has 0 aromatic rings. The first-order chi connectivity index (χ1) is 26.4. The maximum atomic E-state index is 14.1. The van der Waals surface area contributed by atoms with Crippen LogP contribution in [-0.4, -0.2) is 124 Å². The fraction of sp³-hybridized carbons (Fsp3) is 0.767. The average molecular weight is 794 g/mol. The molecule has 0 spiro atoms. The Morgan fingerprint density at radius 2 is 1.62 bits per heavy atom. The number of nitrogens with zero attached hydrogens (tertiary/aromatic N) is 1. The Hall–Kier alpha value is -2.78. The number of piperidine rings is 1. The number of esters is 1. The fourth-order valence-corrected chi connectivity index (χ4v) is 8.19. The molecule has 56 heavy (non-hydrogen) atoms. The van der Waals surface area contributed by atoms with Crippen molar-refractivity contribution in [3.8, 4) is 0 Å². The Morgan fingerprint density at radius 3 is 2.25 bits per heavy atom. The number of ether oxygens (including phenoxy) is 3. The van der Waals surface area contributed by atoms with Crippen molar-refractivity contribution in [2.75, 3.05) is 27.9 Å². The van der Waals surface area contributed by atoms with Crippen LogP contribution in [0.4, 0.5) is 0 Å². The molecular formula is C43H71NO12. The number of fused-ring (bicyclic) bond motifs is 1. The van der Waals surface area contributed by atoms with Gasteiger partial charge in [0.2, 0.25) is 5.79 Å². The van der Waals surface area contributed by atoms with Gasteiger partial charge in [0.1, 0.15) is 17.9 Å². The molecule has 3 aliphatic rings. The Labute approximate surface area is 334 Å². The van der Waals surface area contributed by atoms with Crippen LogP contribution in [0.2, 0.25) is 0 Å². The van der Waals surface area contributed by atoms with Crippen molar-refractivity contribution in [2.24, 2.45) is 23.7 Å². The summed E-state index contributed by atoms with van der Waals surface area (Å²) >= 11 is 0. The smallest absolute Gasteiger partial charge is 0.329 e. The maximum Gasteiger partial charge on any atom is 0.329 e. The van der Waals surface area contributed by atoms with Crippen molar-refractivity contribution in [1.82, 2.24) is 4.90 Å². The summed E-state index contributed by atoms with van der Waals surface area (Å²) in [6.07, 6.45) is 7.65. The first kappa shape index (κ1) is 49.4. The number of Topliss-reactive ketones (excluding diaryl/α,β-unsaturated/α-hetero) is 2. The molecule has 1 aliphatic carbocycles. The van der Waals surface area contributed by atoms with Gasteiger partial charge in [-0.3, -0.25) is 14.4 Å². The molecule has 1 fully saturated rings. The topological polar surface area (TPSA) is 200 Å². The summed E-state index contributed by atoms with van der Waals surface area (Å²) in [6, 6.07) is -1.18. The molecule has 3 rings (SSSR count). The third kappa shape index (κ3) is 13.7. The van der Waals surface area contributed by atoms with Crippen molar-refractivity contribution in [3.05, 3.63) is 34.9 Å². The zero-order valence-corrected chi connectivity index (χ0v) is 35.2. The highest BCUT2D eigenvalue weighted by atomic mass is 16.5. The van der Waals surface area contributed by atoms with Gasteiger partial charge in [0, 0.05) is 58.5 Å². The zero-order valence-electron chi connectivity index (χ0n) is 35.2. The van der Waals surface area contributed by atoms with E-state index in [1.54, 1.807) is 13.8 Å². The van der Waals surface area contributed by atoms with E-state index in [0.29, 0.717) is 50.0 Å². The second kappa shape index (κ2) is 23.6. The van der Waals surface area contributed by atoms with Crippen molar-refractivity contribution in [3.63, 3.8) is 0 Å². The lowest BCUT2D eigenvalue weighted by Gasteiger charge is -2.37. The van der Waals surface area contributed by atoms with E-state index in [1.165, 1.54) is 21.1 Å². The van der Waals surface area contributed by atoms with Crippen molar-refractivity contribution < 1.29 is 58.9 Å². The van der Waals surface area contributed by atoms with Crippen molar-refractivity contribution >= 4 is 23.4 Å². The number of rotatable bonds is 5. The number of carbonyl (C=O) groups excluding carboxylic acids is 4. The molecule has 1 saturated heterocycles. The minimum absolute atomic E-state index is 0.0405. The van der Waals surface area contributed by atoms with Gasteiger partial charge in [-0.05, 0) is 82.3 Å². The minimum Gasteiger partial charge on any atom is -0.456 e. The average Bonchev–Trinajstić information content (AvgIpc) is 3.18. The van der Waals surface area contributed by atoms with Gasteiger partial charge in [0.05, 0.1) is 24.4 Å². The second-order valence-electron chi connectivity index (χ2n) is 16.2. The molecule has 10 atom stereocenters. The van der Waals surface area contributed by atoms with Crippen LogP contribution in [0.15, 0.2) is 34.9 Å². The number of cyclic esters (lactones) is 1. The van der Waals surface area contributed by atoms with Crippen LogP contribution in [0.3, 0.4) is 0 Å². The number of ketones is 2. The van der Waals surface area contributed by atoms with Crippen LogP contribution in [0.5, 0.6) is 0 Å². The standard InChI is InChI=1S/C42H67NO11.CH4O/c1-9-31-20-26(3)19-25(2)13-12-14-32(52-7)22-28(5)42(50,51)39(47)40(48)43-18-11-10-15-33(43)41(49)54-38(29(6)35(45)24-36(31)46)27(4)21-30-16-17-34(44)37(23-30)53-8;1-2/h16,20-21,25,28-29,31-35,37-38,44-45,50-51H,9-15,17-19,22-24H2,1-8H3;2H,1H3/b26-20-,27-21+;/t25-,28-,29-,31?,32-,33+,34-,35+,37-,38?;/m1./s1. The van der Waals surface area contributed by atoms with Gasteiger partial charge in [-0.2, -0.15) is 0 Å². The fourth-order valence-electron chi connectivity index (χ4n) is 8.19. The summed E-state index contributed by atoms with van der Waals surface area (Å²) in [5.74, 6) is -8.39. The van der Waals surface area contributed by atoms with E-state index in [4.69, 9.17) is 19.3 Å². The van der Waals surface area contributed by atoms with Gasteiger partial charge in [-0.1, -0.05) is 64.3 Å². The van der Waals surface area contributed by atoms with Gasteiger partial charge in [-0.25, -0.2) is 4.79 Å². The van der Waals surface area contributed by atoms with E-state index >= 15 is 0 Å². The molecule has 2 heterocycles. The van der Waals surface area contributed by atoms with Crippen LogP contribution in [0.25, 0.3) is 0 Å². The summed E-state index contributed by atoms with van der Waals surface area (Å²) in [5.41, 5.74) is 2.51. The number of allylic oxidation sites excluding steroid dienone is 3. The first-order valence-electron chi connectivity index (χ1n) is 20.4. The van der Waals surface area contributed by atoms with E-state index in [0.717, 1.165) is 42.4 Å². The summed E-state index contributed by atoms with van der Waals surface area (Å²) < 4.78 is 17.3. The highest BCUT2D eigenvalue weighted by Crippen LogP contribution is 2.32. The van der Waals surface area contributed by atoms with E-state index in [2.05, 4.69) is 6.92 Å². The predicted molar refractivity (Wildman–Crippen MR) is 212 cm³/mol. The molecule has 0 bridgehead atoms. The number of hydrogen-bond donors (Lipinski definition) is 5. The van der Waals surface area contributed by atoms with E-state index < -0.39 is 65.7 Å². The van der Waals surface area contributed by atoms with Gasteiger partial charge in [-0.15, -0.1) is 0 Å². The largest absolute Gasteiger partial charge is 0.456 e. The number of hydrogen-bond acceptors (Lipinski definition) is 12. The van der Waals surface area contributed by atoms with E-state index in [-0.39, 0.29) is 43.6 Å². The quantitative estimate of drug-likeness (QED) is 0.114. The lowest BCUT2D eigenvalue weighted by molar-refractivity contribution is -0.208. The molecule has 2 unspecified atom stereocenters. The molecule has 13 heteroatoms. The van der Waals surface area contributed by atoms with Crippen LogP contribution in [-0.2, 0) is 33.4 Å². The van der Waals surface area contributed by atoms with Gasteiger partial charge >= 0.3 is 5.97 Å². The third-order valence-corrected chi connectivity index (χ3v) is 11.8. The summed E-state index contributed by atoms with van der Waals surface area (Å²) in [7, 11) is 4.06. The number of methoxy groups -OCH3 is 2. The summed E-state index contributed by atoms with van der Waals surface area (Å²) in [6.45, 7) is 11.1. The zero-order chi connectivity index (χ0) is 42.3. The Morgan fingerprint density at radius 1 is 0.946 bits per heavy atom. The van der Waals surface area contributed by atoms with Gasteiger partial charge < -0.3 is 44.6 Å². The lowest BCUT2D eigenvalue weighted by atomic mass is 9.85. The molecule has 2 aliphatic heterocycles. The van der Waals surface area contributed by atoms with Crippen LogP contribution < -0.4 is 0 Å². The third-order valence-electron chi connectivity index (χ3n) is 11.8. The molecule has 1 amide bonds. The summed E-state index contributed by atoms with van der Waals surface area (Å²) in [5, 5.41) is 51.1. The molecule has 5 N–H and O–H groups in total. The molecular weight excluding hydrogens is 722 g/mol. The number of amides is 1. The highest BCUT2D eigenvalue weighted by Gasteiger charge is 2.48. The normalized spacial score (nSPS) is 34.9. The Balaban J connectivity index is 0.00000532. The SMILES string of the molecule is CCC1/C=C(/C)C[C@H](C)CCC[C@@H](OC)C[C@@H](C)C(O)(O)C(=O)C(=O)N2CCCC[C@H]2C(=O)OC(/C(C)=C/C2=CC[C@@H](O)[C@H](OC)C2)[C@H](C)[C@@H](O)CC1=O.CO. The molecule has 0 saturated carbocycles. The molecule has 0 radical (unpaired) electrons. The molecule has 13 nitrogen and oxygen atoms in total. The van der Waals surface area contributed by atoms with Crippen molar-refractivity contribution in [2.45, 2.75) is 161 Å². The number of carbonyl (C=O) groups is 4. The van der Waals surface area contributed by atoms with Crippen LogP contribution >= 0.6 is 0 Å². The molecule has 0 aromatic carbocycles. The molecule has 0 aromatic heterocycles. The van der Waals surface area contributed by atoms with E-state index in [9.17, 15) is 39.6 Å². The Bertz CT molecular complexity index is 1390. The van der Waals surface area contributed by atoms with Gasteiger partial charge in [0.15, 0.2) is 0 Å². The number of aliphatic hydroxyl groups is 5. The second-order valence-corrected chi connectivity index (χ2v) is 16.2.